The van der Waals surface area contributed by atoms with Crippen LogP contribution >= 0.6 is 0 Å². The van der Waals surface area contributed by atoms with Gasteiger partial charge in [0.15, 0.2) is 0 Å². The Morgan fingerprint density at radius 2 is 1.89 bits per heavy atom. The van der Waals surface area contributed by atoms with E-state index < -0.39 is 5.97 Å². The molecule has 1 aromatic rings. The van der Waals surface area contributed by atoms with Crippen LogP contribution in [0.5, 0.6) is 5.75 Å². The fraction of sp³-hybridized carbons (Fsp3) is 0.533. The van der Waals surface area contributed by atoms with E-state index in [4.69, 9.17) is 9.84 Å². The Kier molecular flexibility index (Phi) is 6.36. The van der Waals surface area contributed by atoms with Gasteiger partial charge in [0.25, 0.3) is 0 Å². The van der Waals surface area contributed by atoms with Crippen LogP contribution in [0.4, 0.5) is 0 Å². The van der Waals surface area contributed by atoms with E-state index in [-0.39, 0.29) is 12.5 Å². The number of likely N-dealkylation sites (N-methyl/N-ethyl adjacent to an activating group) is 1. The van der Waals surface area contributed by atoms with Gasteiger partial charge >= 0.3 is 5.97 Å². The lowest BCUT2D eigenvalue weighted by Crippen LogP contribution is -2.24. The molecule has 0 radical (unpaired) electrons. The number of carbonyl (C=O) groups is 1. The molecule has 0 unspecified atom stereocenters. The molecule has 0 spiro atoms. The molecule has 0 atom stereocenters. The highest BCUT2D eigenvalue weighted by molar-refractivity contribution is 5.66. The first-order valence-corrected chi connectivity index (χ1v) is 6.63. The monoisotopic (exact) mass is 265 g/mol. The van der Waals surface area contributed by atoms with Crippen molar-refractivity contribution in [3.05, 3.63) is 29.8 Å². The first kappa shape index (κ1) is 15.5. The maximum absolute atomic E-state index is 10.5. The second kappa shape index (κ2) is 7.79. The molecule has 0 aliphatic rings. The third-order valence-electron chi connectivity index (χ3n) is 2.78. The van der Waals surface area contributed by atoms with Crippen molar-refractivity contribution in [1.82, 2.24) is 4.90 Å². The number of nitrogens with zero attached hydrogens (tertiary/aromatic N) is 1. The van der Waals surface area contributed by atoms with Crippen LogP contribution in [-0.2, 0) is 11.2 Å². The largest absolute Gasteiger partial charge is 0.491 e. The SMILES string of the molecule is CC(C)Oc1ccc(CCN(C)CCC(=O)O)cc1. The summed E-state index contributed by atoms with van der Waals surface area (Å²) < 4.78 is 5.58. The van der Waals surface area contributed by atoms with Crippen molar-refractivity contribution in [1.29, 1.82) is 0 Å². The van der Waals surface area contributed by atoms with Gasteiger partial charge < -0.3 is 14.7 Å². The van der Waals surface area contributed by atoms with Gasteiger partial charge in [-0.05, 0) is 45.0 Å². The molecule has 0 bridgehead atoms. The summed E-state index contributed by atoms with van der Waals surface area (Å²) in [4.78, 5) is 12.5. The molecule has 0 fully saturated rings. The van der Waals surface area contributed by atoms with Gasteiger partial charge in [0.1, 0.15) is 5.75 Å². The van der Waals surface area contributed by atoms with E-state index in [9.17, 15) is 4.79 Å². The van der Waals surface area contributed by atoms with Crippen molar-refractivity contribution in [2.45, 2.75) is 32.8 Å². The smallest absolute Gasteiger partial charge is 0.304 e. The minimum Gasteiger partial charge on any atom is -0.491 e. The third kappa shape index (κ3) is 6.82. The number of benzene rings is 1. The number of ether oxygens (including phenoxy) is 1. The van der Waals surface area contributed by atoms with Crippen LogP contribution in [-0.4, -0.2) is 42.2 Å². The second-order valence-corrected chi connectivity index (χ2v) is 5.01. The van der Waals surface area contributed by atoms with Crippen LogP contribution in [0, 0.1) is 0 Å². The predicted octanol–water partition coefficient (Wildman–Crippen LogP) is 2.42. The quantitative estimate of drug-likeness (QED) is 0.784. The first-order chi connectivity index (χ1) is 8.97. The Morgan fingerprint density at radius 1 is 1.26 bits per heavy atom. The van der Waals surface area contributed by atoms with Gasteiger partial charge in [0, 0.05) is 13.1 Å². The highest BCUT2D eigenvalue weighted by atomic mass is 16.5. The van der Waals surface area contributed by atoms with Crippen LogP contribution in [0.15, 0.2) is 24.3 Å². The Labute approximate surface area is 115 Å². The van der Waals surface area contributed by atoms with E-state index >= 15 is 0 Å². The summed E-state index contributed by atoms with van der Waals surface area (Å²) in [6.45, 7) is 5.46. The third-order valence-corrected chi connectivity index (χ3v) is 2.78. The maximum Gasteiger partial charge on any atom is 0.304 e. The van der Waals surface area contributed by atoms with Gasteiger partial charge in [-0.15, -0.1) is 0 Å². The topological polar surface area (TPSA) is 49.8 Å². The normalized spacial score (nSPS) is 11.0. The Hall–Kier alpha value is -1.55. The van der Waals surface area contributed by atoms with Crippen molar-refractivity contribution in [2.75, 3.05) is 20.1 Å². The molecule has 0 aliphatic heterocycles. The average Bonchev–Trinajstić information content (AvgIpc) is 2.35. The van der Waals surface area contributed by atoms with E-state index in [0.29, 0.717) is 6.54 Å². The molecule has 19 heavy (non-hydrogen) atoms. The van der Waals surface area contributed by atoms with Crippen molar-refractivity contribution < 1.29 is 14.6 Å². The summed E-state index contributed by atoms with van der Waals surface area (Å²) in [5, 5.41) is 8.61. The van der Waals surface area contributed by atoms with Gasteiger partial charge in [-0.1, -0.05) is 12.1 Å². The minimum absolute atomic E-state index is 0.188. The standard InChI is InChI=1S/C15H23NO3/c1-12(2)19-14-6-4-13(5-7-14)8-10-16(3)11-9-15(17)18/h4-7,12H,8-11H2,1-3H3,(H,17,18). The van der Waals surface area contributed by atoms with Gasteiger partial charge in [0.05, 0.1) is 12.5 Å². The zero-order valence-corrected chi connectivity index (χ0v) is 11.9. The zero-order chi connectivity index (χ0) is 14.3. The fourth-order valence-electron chi connectivity index (χ4n) is 1.73. The number of hydrogen-bond donors (Lipinski definition) is 1. The highest BCUT2D eigenvalue weighted by Gasteiger charge is 2.03. The van der Waals surface area contributed by atoms with E-state index in [0.717, 1.165) is 18.7 Å². The lowest BCUT2D eigenvalue weighted by molar-refractivity contribution is -0.137. The van der Waals surface area contributed by atoms with Gasteiger partial charge in [-0.25, -0.2) is 0 Å². The first-order valence-electron chi connectivity index (χ1n) is 6.63. The number of rotatable bonds is 8. The lowest BCUT2D eigenvalue weighted by atomic mass is 10.1. The summed E-state index contributed by atoms with van der Waals surface area (Å²) in [5.74, 6) is 0.139. The highest BCUT2D eigenvalue weighted by Crippen LogP contribution is 2.14. The molecule has 1 aromatic carbocycles. The van der Waals surface area contributed by atoms with Crippen LogP contribution in [0.2, 0.25) is 0 Å². The number of carboxylic acid groups (broad SMARTS) is 1. The van der Waals surface area contributed by atoms with E-state index in [1.54, 1.807) is 0 Å². The van der Waals surface area contributed by atoms with E-state index in [2.05, 4.69) is 12.1 Å². The molecule has 1 N–H and O–H groups in total. The summed E-state index contributed by atoms with van der Waals surface area (Å²) in [5.41, 5.74) is 1.23. The molecule has 4 nitrogen and oxygen atoms in total. The molecular weight excluding hydrogens is 242 g/mol. The number of hydrogen-bond acceptors (Lipinski definition) is 3. The molecular formula is C15H23NO3. The van der Waals surface area contributed by atoms with Crippen LogP contribution < -0.4 is 4.74 Å². The molecule has 106 valence electrons. The van der Waals surface area contributed by atoms with Crippen molar-refractivity contribution in [3.8, 4) is 5.75 Å². The van der Waals surface area contributed by atoms with Crippen LogP contribution in [0.25, 0.3) is 0 Å². The molecule has 0 heterocycles. The predicted molar refractivity (Wildman–Crippen MR) is 75.7 cm³/mol. The number of aliphatic carboxylic acids is 1. The van der Waals surface area contributed by atoms with Crippen molar-refractivity contribution in [2.24, 2.45) is 0 Å². The summed E-state index contributed by atoms with van der Waals surface area (Å²) >= 11 is 0. The van der Waals surface area contributed by atoms with Crippen molar-refractivity contribution >= 4 is 5.97 Å². The molecule has 0 saturated carbocycles. The maximum atomic E-state index is 10.5. The zero-order valence-electron chi connectivity index (χ0n) is 11.9. The van der Waals surface area contributed by atoms with Crippen molar-refractivity contribution in [3.63, 3.8) is 0 Å². The molecule has 0 aliphatic carbocycles. The fourth-order valence-corrected chi connectivity index (χ4v) is 1.73. The van der Waals surface area contributed by atoms with E-state index in [1.807, 2.05) is 37.9 Å². The molecule has 1 rings (SSSR count). The van der Waals surface area contributed by atoms with Gasteiger partial charge in [-0.2, -0.15) is 0 Å². The Bertz CT molecular complexity index is 387. The lowest BCUT2D eigenvalue weighted by Gasteiger charge is -2.15. The summed E-state index contributed by atoms with van der Waals surface area (Å²) in [7, 11) is 1.94. The molecule has 0 saturated heterocycles. The molecule has 4 heteroatoms. The van der Waals surface area contributed by atoms with Gasteiger partial charge in [0.2, 0.25) is 0 Å². The Balaban J connectivity index is 2.35. The number of carboxylic acids is 1. The minimum atomic E-state index is -0.748. The van der Waals surface area contributed by atoms with Crippen LogP contribution in [0.3, 0.4) is 0 Å². The second-order valence-electron chi connectivity index (χ2n) is 5.01. The average molecular weight is 265 g/mol. The molecule has 0 amide bonds. The summed E-state index contributed by atoms with van der Waals surface area (Å²) in [6, 6.07) is 8.07. The van der Waals surface area contributed by atoms with Gasteiger partial charge in [-0.3, -0.25) is 4.79 Å². The molecule has 0 aromatic heterocycles. The summed E-state index contributed by atoms with van der Waals surface area (Å²) in [6.07, 6.45) is 1.29. The Morgan fingerprint density at radius 3 is 2.42 bits per heavy atom. The van der Waals surface area contributed by atoms with Crippen LogP contribution in [0.1, 0.15) is 25.8 Å². The van der Waals surface area contributed by atoms with E-state index in [1.165, 1.54) is 5.56 Å².